The highest BCUT2D eigenvalue weighted by atomic mass is 19.1. The van der Waals surface area contributed by atoms with Crippen LogP contribution < -0.4 is 5.32 Å². The predicted molar refractivity (Wildman–Crippen MR) is 56.5 cm³/mol. The van der Waals surface area contributed by atoms with Gasteiger partial charge >= 0.3 is 0 Å². The van der Waals surface area contributed by atoms with Crippen LogP contribution in [0.4, 0.5) is 15.9 Å². The lowest BCUT2D eigenvalue weighted by molar-refractivity contribution is 0.628. The van der Waals surface area contributed by atoms with Crippen LogP contribution in [0, 0.1) is 12.7 Å². The highest BCUT2D eigenvalue weighted by Crippen LogP contribution is 2.14. The quantitative estimate of drug-likeness (QED) is 0.815. The molecule has 4 heteroatoms. The standard InChI is InChI=1S/C11H10FN3/c1-8-13-6-5-11(14-8)15-10-4-2-3-9(12)7-10/h2-7H,1H3,(H,13,14,15). The van der Waals surface area contributed by atoms with Gasteiger partial charge < -0.3 is 5.32 Å². The van der Waals surface area contributed by atoms with E-state index in [1.807, 2.05) is 0 Å². The van der Waals surface area contributed by atoms with Gasteiger partial charge in [0.1, 0.15) is 17.5 Å². The summed E-state index contributed by atoms with van der Waals surface area (Å²) in [6.07, 6.45) is 1.66. The minimum Gasteiger partial charge on any atom is -0.340 e. The molecule has 1 aromatic carbocycles. The average Bonchev–Trinajstić information content (AvgIpc) is 2.17. The molecule has 1 heterocycles. The lowest BCUT2D eigenvalue weighted by Crippen LogP contribution is -1.96. The second-order valence-corrected chi connectivity index (χ2v) is 3.12. The number of nitrogens with zero attached hydrogens (tertiary/aromatic N) is 2. The third-order valence-corrected chi connectivity index (χ3v) is 1.87. The molecular weight excluding hydrogens is 193 g/mol. The van der Waals surface area contributed by atoms with Crippen molar-refractivity contribution in [3.63, 3.8) is 0 Å². The van der Waals surface area contributed by atoms with Gasteiger partial charge in [-0.15, -0.1) is 0 Å². The van der Waals surface area contributed by atoms with E-state index in [1.165, 1.54) is 12.1 Å². The van der Waals surface area contributed by atoms with Gasteiger partial charge in [0, 0.05) is 11.9 Å². The number of aromatic nitrogens is 2. The van der Waals surface area contributed by atoms with Gasteiger partial charge in [0.25, 0.3) is 0 Å². The van der Waals surface area contributed by atoms with E-state index in [0.717, 1.165) is 0 Å². The van der Waals surface area contributed by atoms with Crippen LogP contribution in [0.15, 0.2) is 36.5 Å². The Morgan fingerprint density at radius 2 is 2.13 bits per heavy atom. The number of rotatable bonds is 2. The van der Waals surface area contributed by atoms with Crippen LogP contribution in [0.1, 0.15) is 5.82 Å². The van der Waals surface area contributed by atoms with Crippen molar-refractivity contribution >= 4 is 11.5 Å². The Hall–Kier alpha value is -1.97. The van der Waals surface area contributed by atoms with Crippen molar-refractivity contribution in [1.82, 2.24) is 9.97 Å². The molecule has 0 fully saturated rings. The number of hydrogen-bond acceptors (Lipinski definition) is 3. The molecule has 0 radical (unpaired) electrons. The Balaban J connectivity index is 2.22. The van der Waals surface area contributed by atoms with E-state index in [1.54, 1.807) is 31.3 Å². The molecule has 0 amide bonds. The molecule has 0 aliphatic rings. The zero-order valence-electron chi connectivity index (χ0n) is 8.24. The zero-order valence-corrected chi connectivity index (χ0v) is 8.24. The average molecular weight is 203 g/mol. The van der Waals surface area contributed by atoms with Gasteiger partial charge in [-0.05, 0) is 31.2 Å². The SMILES string of the molecule is Cc1nccc(Nc2cccc(F)c2)n1. The van der Waals surface area contributed by atoms with E-state index >= 15 is 0 Å². The first-order valence-electron chi connectivity index (χ1n) is 4.56. The molecule has 0 saturated carbocycles. The van der Waals surface area contributed by atoms with Crippen molar-refractivity contribution in [1.29, 1.82) is 0 Å². The first-order valence-corrected chi connectivity index (χ1v) is 4.56. The molecule has 0 aliphatic heterocycles. The third-order valence-electron chi connectivity index (χ3n) is 1.87. The van der Waals surface area contributed by atoms with Crippen LogP contribution in [0.5, 0.6) is 0 Å². The Morgan fingerprint density at radius 3 is 2.87 bits per heavy atom. The first kappa shape index (κ1) is 9.58. The molecular formula is C11H10FN3. The summed E-state index contributed by atoms with van der Waals surface area (Å²) in [6, 6.07) is 7.97. The summed E-state index contributed by atoms with van der Waals surface area (Å²) in [5, 5.41) is 2.99. The fraction of sp³-hybridized carbons (Fsp3) is 0.0909. The summed E-state index contributed by atoms with van der Waals surface area (Å²) in [7, 11) is 0. The normalized spacial score (nSPS) is 10.0. The third kappa shape index (κ3) is 2.49. The molecule has 0 saturated heterocycles. The second-order valence-electron chi connectivity index (χ2n) is 3.12. The maximum absolute atomic E-state index is 12.9. The number of halogens is 1. The smallest absolute Gasteiger partial charge is 0.134 e. The van der Waals surface area contributed by atoms with Crippen LogP contribution in [0.2, 0.25) is 0 Å². The Bertz CT molecular complexity index is 427. The van der Waals surface area contributed by atoms with Crippen LogP contribution in [0.25, 0.3) is 0 Å². The van der Waals surface area contributed by atoms with E-state index in [9.17, 15) is 4.39 Å². The summed E-state index contributed by atoms with van der Waals surface area (Å²) < 4.78 is 12.9. The van der Waals surface area contributed by atoms with E-state index < -0.39 is 0 Å². The van der Waals surface area contributed by atoms with Crippen molar-refractivity contribution in [2.75, 3.05) is 5.32 Å². The van der Waals surface area contributed by atoms with Crippen molar-refractivity contribution in [3.8, 4) is 0 Å². The summed E-state index contributed by atoms with van der Waals surface area (Å²) in [5.74, 6) is 1.07. The summed E-state index contributed by atoms with van der Waals surface area (Å²) >= 11 is 0. The van der Waals surface area contributed by atoms with Crippen LogP contribution in [-0.2, 0) is 0 Å². The van der Waals surface area contributed by atoms with Gasteiger partial charge in [0.15, 0.2) is 0 Å². The molecule has 0 bridgehead atoms. The molecule has 0 atom stereocenters. The lowest BCUT2D eigenvalue weighted by atomic mass is 10.3. The van der Waals surface area contributed by atoms with Gasteiger partial charge in [-0.1, -0.05) is 6.07 Å². The number of anilines is 2. The molecule has 2 aromatic rings. The van der Waals surface area contributed by atoms with Gasteiger partial charge in [0.05, 0.1) is 0 Å². The monoisotopic (exact) mass is 203 g/mol. The highest BCUT2D eigenvalue weighted by molar-refractivity contribution is 5.55. The van der Waals surface area contributed by atoms with Gasteiger partial charge in [0.2, 0.25) is 0 Å². The maximum atomic E-state index is 12.9. The second kappa shape index (κ2) is 4.04. The largest absolute Gasteiger partial charge is 0.340 e. The van der Waals surface area contributed by atoms with Gasteiger partial charge in [-0.2, -0.15) is 0 Å². The Kier molecular flexibility index (Phi) is 2.58. The number of nitrogens with one attached hydrogen (secondary N) is 1. The fourth-order valence-corrected chi connectivity index (χ4v) is 1.24. The summed E-state index contributed by atoms with van der Waals surface area (Å²) in [4.78, 5) is 8.13. The minimum absolute atomic E-state index is 0.272. The molecule has 76 valence electrons. The molecule has 0 unspecified atom stereocenters. The van der Waals surface area contributed by atoms with E-state index in [4.69, 9.17) is 0 Å². The molecule has 3 nitrogen and oxygen atoms in total. The number of hydrogen-bond donors (Lipinski definition) is 1. The molecule has 0 aliphatic carbocycles. The van der Waals surface area contributed by atoms with E-state index in [0.29, 0.717) is 17.3 Å². The molecule has 1 N–H and O–H groups in total. The summed E-state index contributed by atoms with van der Waals surface area (Å²) in [6.45, 7) is 1.80. The van der Waals surface area contributed by atoms with Crippen molar-refractivity contribution < 1.29 is 4.39 Å². The fourth-order valence-electron chi connectivity index (χ4n) is 1.24. The topological polar surface area (TPSA) is 37.8 Å². The predicted octanol–water partition coefficient (Wildman–Crippen LogP) is 2.67. The maximum Gasteiger partial charge on any atom is 0.134 e. The minimum atomic E-state index is -0.272. The molecule has 15 heavy (non-hydrogen) atoms. The highest BCUT2D eigenvalue weighted by Gasteiger charge is 1.97. The van der Waals surface area contributed by atoms with E-state index in [2.05, 4.69) is 15.3 Å². The summed E-state index contributed by atoms with van der Waals surface area (Å²) in [5.41, 5.74) is 0.674. The zero-order chi connectivity index (χ0) is 10.7. The van der Waals surface area contributed by atoms with Crippen LogP contribution in [-0.4, -0.2) is 9.97 Å². The molecule has 1 aromatic heterocycles. The van der Waals surface area contributed by atoms with Crippen molar-refractivity contribution in [2.24, 2.45) is 0 Å². The van der Waals surface area contributed by atoms with Gasteiger partial charge in [-0.3, -0.25) is 0 Å². The van der Waals surface area contributed by atoms with E-state index in [-0.39, 0.29) is 5.82 Å². The van der Waals surface area contributed by atoms with Crippen LogP contribution >= 0.6 is 0 Å². The Morgan fingerprint density at radius 1 is 1.27 bits per heavy atom. The Labute approximate surface area is 87.0 Å². The number of aryl methyl sites for hydroxylation is 1. The van der Waals surface area contributed by atoms with Gasteiger partial charge in [-0.25, -0.2) is 14.4 Å². The first-order chi connectivity index (χ1) is 7.24. The molecule has 0 spiro atoms. The van der Waals surface area contributed by atoms with Crippen molar-refractivity contribution in [3.05, 3.63) is 48.2 Å². The molecule has 2 rings (SSSR count). The lowest BCUT2D eigenvalue weighted by Gasteiger charge is -2.05. The van der Waals surface area contributed by atoms with Crippen molar-refractivity contribution in [2.45, 2.75) is 6.92 Å². The van der Waals surface area contributed by atoms with Crippen LogP contribution in [0.3, 0.4) is 0 Å². The number of benzene rings is 1.